The fourth-order valence-corrected chi connectivity index (χ4v) is 4.06. The molecule has 0 bridgehead atoms. The van der Waals surface area contributed by atoms with E-state index in [2.05, 4.69) is 32.2 Å². The summed E-state index contributed by atoms with van der Waals surface area (Å²) in [6.07, 6.45) is 0.928. The highest BCUT2D eigenvalue weighted by Gasteiger charge is 2.34. The number of hydrogen-bond donors (Lipinski definition) is 2. The van der Waals surface area contributed by atoms with Crippen molar-refractivity contribution in [1.29, 1.82) is 0 Å². The van der Waals surface area contributed by atoms with E-state index in [1.807, 2.05) is 13.0 Å². The Hall–Kier alpha value is -0.470. The summed E-state index contributed by atoms with van der Waals surface area (Å²) in [5, 5.41) is 2.96. The van der Waals surface area contributed by atoms with Crippen molar-refractivity contribution in [3.05, 3.63) is 20.8 Å². The van der Waals surface area contributed by atoms with Crippen LogP contribution in [0, 0.1) is 0 Å². The van der Waals surface area contributed by atoms with Gasteiger partial charge >= 0.3 is 0 Å². The lowest BCUT2D eigenvalue weighted by Gasteiger charge is -2.39. The first-order valence-electron chi connectivity index (χ1n) is 7.23. The zero-order valence-electron chi connectivity index (χ0n) is 12.2. The first kappa shape index (κ1) is 16.9. The number of amides is 1. The van der Waals surface area contributed by atoms with Crippen LogP contribution >= 0.6 is 27.3 Å². The number of halogens is 1. The van der Waals surface area contributed by atoms with E-state index in [4.69, 9.17) is 10.5 Å². The first-order chi connectivity index (χ1) is 10.2. The van der Waals surface area contributed by atoms with Gasteiger partial charge in [-0.15, -0.1) is 11.3 Å². The van der Waals surface area contributed by atoms with Crippen molar-refractivity contribution in [1.82, 2.24) is 10.2 Å². The second kappa shape index (κ2) is 8.24. The first-order valence-corrected chi connectivity index (χ1v) is 8.84. The molecular formula is C14H22BrN3O2S. The molecule has 2 atom stereocenters. The van der Waals surface area contributed by atoms with Gasteiger partial charge in [0.1, 0.15) is 6.04 Å². The lowest BCUT2D eigenvalue weighted by Crippen LogP contribution is -2.55. The molecular weight excluding hydrogens is 354 g/mol. The van der Waals surface area contributed by atoms with Gasteiger partial charge in [-0.1, -0.05) is 6.92 Å². The number of nitrogens with one attached hydrogen (secondary N) is 1. The van der Waals surface area contributed by atoms with Crippen LogP contribution in [0.25, 0.3) is 0 Å². The minimum absolute atomic E-state index is 0.0330. The van der Waals surface area contributed by atoms with Crippen molar-refractivity contribution >= 4 is 33.2 Å². The van der Waals surface area contributed by atoms with Gasteiger partial charge in [-0.3, -0.25) is 9.69 Å². The van der Waals surface area contributed by atoms with Crippen molar-refractivity contribution < 1.29 is 9.53 Å². The van der Waals surface area contributed by atoms with E-state index in [0.29, 0.717) is 26.3 Å². The molecule has 2 rings (SSSR count). The molecule has 118 valence electrons. The van der Waals surface area contributed by atoms with Crippen LogP contribution in [0.3, 0.4) is 0 Å². The Morgan fingerprint density at radius 2 is 2.48 bits per heavy atom. The van der Waals surface area contributed by atoms with Gasteiger partial charge in [0.05, 0.1) is 23.0 Å². The summed E-state index contributed by atoms with van der Waals surface area (Å²) in [6.45, 7) is 5.02. The SMILES string of the molecule is CCCNC(=O)C1COCCN1C(CN)c1ccc(Br)s1. The molecule has 0 spiro atoms. The second-order valence-electron chi connectivity index (χ2n) is 5.01. The molecule has 1 aliphatic heterocycles. The third-order valence-corrected chi connectivity index (χ3v) is 5.29. The molecule has 5 nitrogen and oxygen atoms in total. The standard InChI is InChI=1S/C14H22BrN3O2S/c1-2-5-17-14(19)11-9-20-7-6-18(11)10(8-16)12-3-4-13(15)21-12/h3-4,10-11H,2,5-9,16H2,1H3,(H,17,19). The Bertz CT molecular complexity index is 469. The Kier molecular flexibility index (Phi) is 6.63. The highest BCUT2D eigenvalue weighted by atomic mass is 79.9. The van der Waals surface area contributed by atoms with Crippen LogP contribution in [0.1, 0.15) is 24.3 Å². The minimum Gasteiger partial charge on any atom is -0.378 e. The van der Waals surface area contributed by atoms with Gasteiger partial charge in [0.2, 0.25) is 5.91 Å². The summed E-state index contributed by atoms with van der Waals surface area (Å²) in [5.41, 5.74) is 5.98. The van der Waals surface area contributed by atoms with Crippen LogP contribution in [-0.4, -0.2) is 49.7 Å². The molecule has 0 aliphatic carbocycles. The van der Waals surface area contributed by atoms with E-state index in [0.717, 1.165) is 16.8 Å². The number of nitrogens with zero attached hydrogens (tertiary/aromatic N) is 1. The molecule has 1 aliphatic rings. The average Bonchev–Trinajstić information content (AvgIpc) is 2.92. The molecule has 1 aromatic rings. The summed E-state index contributed by atoms with van der Waals surface area (Å²) in [6, 6.07) is 3.89. The number of carbonyl (C=O) groups excluding carboxylic acids is 1. The number of rotatable bonds is 6. The smallest absolute Gasteiger partial charge is 0.239 e. The van der Waals surface area contributed by atoms with Crippen LogP contribution in [0.2, 0.25) is 0 Å². The van der Waals surface area contributed by atoms with Gasteiger partial charge in [-0.2, -0.15) is 0 Å². The normalized spacial score (nSPS) is 21.2. The predicted octanol–water partition coefficient (Wildman–Crippen LogP) is 1.74. The van der Waals surface area contributed by atoms with Crippen molar-refractivity contribution in [2.75, 3.05) is 32.8 Å². The predicted molar refractivity (Wildman–Crippen MR) is 88.4 cm³/mol. The summed E-state index contributed by atoms with van der Waals surface area (Å²) < 4.78 is 6.58. The largest absolute Gasteiger partial charge is 0.378 e. The van der Waals surface area contributed by atoms with Crippen molar-refractivity contribution in [2.24, 2.45) is 5.73 Å². The van der Waals surface area contributed by atoms with Gasteiger partial charge in [0.25, 0.3) is 0 Å². The fraction of sp³-hybridized carbons (Fsp3) is 0.643. The Morgan fingerprint density at radius 1 is 1.67 bits per heavy atom. The maximum absolute atomic E-state index is 12.3. The number of ether oxygens (including phenoxy) is 1. The Morgan fingerprint density at radius 3 is 3.10 bits per heavy atom. The monoisotopic (exact) mass is 375 g/mol. The molecule has 1 fully saturated rings. The molecule has 1 saturated heterocycles. The van der Waals surface area contributed by atoms with Gasteiger partial charge in [-0.05, 0) is 34.5 Å². The average molecular weight is 376 g/mol. The van der Waals surface area contributed by atoms with Crippen LogP contribution in [0.15, 0.2) is 15.9 Å². The molecule has 2 heterocycles. The van der Waals surface area contributed by atoms with E-state index in [1.54, 1.807) is 11.3 Å². The Labute approximate surface area is 138 Å². The molecule has 7 heteroatoms. The number of nitrogens with two attached hydrogens (primary N) is 1. The number of carbonyl (C=O) groups is 1. The summed E-state index contributed by atoms with van der Waals surface area (Å²) >= 11 is 5.16. The van der Waals surface area contributed by atoms with Gasteiger partial charge < -0.3 is 15.8 Å². The molecule has 0 radical (unpaired) electrons. The van der Waals surface area contributed by atoms with Crippen LogP contribution in [0.4, 0.5) is 0 Å². The molecule has 0 saturated carbocycles. The van der Waals surface area contributed by atoms with Gasteiger partial charge in [-0.25, -0.2) is 0 Å². The summed E-state index contributed by atoms with van der Waals surface area (Å²) in [4.78, 5) is 15.7. The lowest BCUT2D eigenvalue weighted by atomic mass is 10.1. The molecule has 1 amide bonds. The highest BCUT2D eigenvalue weighted by molar-refractivity contribution is 9.11. The summed E-state index contributed by atoms with van der Waals surface area (Å²) in [5.74, 6) is 0.0330. The highest BCUT2D eigenvalue weighted by Crippen LogP contribution is 2.32. The molecule has 1 aromatic heterocycles. The molecule has 3 N–H and O–H groups in total. The topological polar surface area (TPSA) is 67.6 Å². The molecule has 0 aromatic carbocycles. The minimum atomic E-state index is -0.264. The van der Waals surface area contributed by atoms with Gasteiger partial charge in [0, 0.05) is 24.5 Å². The second-order valence-corrected chi connectivity index (χ2v) is 7.51. The number of hydrogen-bond acceptors (Lipinski definition) is 5. The number of morpholine rings is 1. The van der Waals surface area contributed by atoms with Gasteiger partial charge in [0.15, 0.2) is 0 Å². The maximum atomic E-state index is 12.3. The van der Waals surface area contributed by atoms with E-state index in [1.165, 1.54) is 4.88 Å². The Balaban J connectivity index is 2.14. The third-order valence-electron chi connectivity index (χ3n) is 3.57. The number of thiophene rings is 1. The maximum Gasteiger partial charge on any atom is 0.239 e. The molecule has 2 unspecified atom stereocenters. The zero-order chi connectivity index (χ0) is 15.2. The lowest BCUT2D eigenvalue weighted by molar-refractivity contribution is -0.134. The van der Waals surface area contributed by atoms with Crippen molar-refractivity contribution in [2.45, 2.75) is 25.4 Å². The van der Waals surface area contributed by atoms with E-state index in [9.17, 15) is 4.79 Å². The summed E-state index contributed by atoms with van der Waals surface area (Å²) in [7, 11) is 0. The van der Waals surface area contributed by atoms with E-state index in [-0.39, 0.29) is 18.0 Å². The van der Waals surface area contributed by atoms with Crippen LogP contribution < -0.4 is 11.1 Å². The third kappa shape index (κ3) is 4.26. The van der Waals surface area contributed by atoms with Crippen molar-refractivity contribution in [3.8, 4) is 0 Å². The quantitative estimate of drug-likeness (QED) is 0.794. The van der Waals surface area contributed by atoms with E-state index >= 15 is 0 Å². The fourth-order valence-electron chi connectivity index (χ4n) is 2.50. The molecule has 21 heavy (non-hydrogen) atoms. The van der Waals surface area contributed by atoms with E-state index < -0.39 is 0 Å². The zero-order valence-corrected chi connectivity index (χ0v) is 14.6. The van der Waals surface area contributed by atoms with Crippen LogP contribution in [-0.2, 0) is 9.53 Å². The van der Waals surface area contributed by atoms with Crippen molar-refractivity contribution in [3.63, 3.8) is 0 Å². The van der Waals surface area contributed by atoms with Crippen LogP contribution in [0.5, 0.6) is 0 Å².